The molecule has 1 aliphatic carbocycles. The Labute approximate surface area is 96.0 Å². The molecule has 1 unspecified atom stereocenters. The maximum absolute atomic E-state index is 3.39. The zero-order valence-electron chi connectivity index (χ0n) is 11.1. The Bertz CT molecular complexity index is 161. The fourth-order valence-electron chi connectivity index (χ4n) is 3.11. The van der Waals surface area contributed by atoms with E-state index in [1.54, 1.807) is 0 Å². The van der Waals surface area contributed by atoms with Crippen molar-refractivity contribution in [2.24, 2.45) is 17.3 Å². The van der Waals surface area contributed by atoms with E-state index in [9.17, 15) is 0 Å². The second kappa shape index (κ2) is 5.89. The average Bonchev–Trinajstić information content (AvgIpc) is 2.40. The first kappa shape index (κ1) is 13.0. The maximum Gasteiger partial charge on any atom is -0.00159 e. The molecule has 1 N–H and O–H groups in total. The Morgan fingerprint density at radius 3 is 2.00 bits per heavy atom. The molecule has 15 heavy (non-hydrogen) atoms. The van der Waals surface area contributed by atoms with E-state index in [4.69, 9.17) is 0 Å². The highest BCUT2D eigenvalue weighted by atomic mass is 14.8. The van der Waals surface area contributed by atoms with Gasteiger partial charge in [0.05, 0.1) is 0 Å². The molecular formula is C14H29N. The number of hydrogen-bond donors (Lipinski definition) is 1. The van der Waals surface area contributed by atoms with Crippen molar-refractivity contribution in [2.45, 2.75) is 59.3 Å². The lowest BCUT2D eigenvalue weighted by Crippen LogP contribution is -2.35. The van der Waals surface area contributed by atoms with Crippen LogP contribution in [0, 0.1) is 17.3 Å². The molecule has 1 fully saturated rings. The Morgan fingerprint density at radius 2 is 1.60 bits per heavy atom. The largest absolute Gasteiger partial charge is 0.319 e. The first-order valence-corrected chi connectivity index (χ1v) is 6.70. The van der Waals surface area contributed by atoms with Crippen molar-refractivity contribution in [1.82, 2.24) is 5.32 Å². The summed E-state index contributed by atoms with van der Waals surface area (Å²) in [6.07, 6.45) is 8.77. The van der Waals surface area contributed by atoms with Gasteiger partial charge in [-0.3, -0.25) is 0 Å². The Morgan fingerprint density at radius 1 is 1.07 bits per heavy atom. The van der Waals surface area contributed by atoms with Crippen LogP contribution in [0.1, 0.15) is 59.3 Å². The van der Waals surface area contributed by atoms with Crippen LogP contribution in [0.2, 0.25) is 0 Å². The topological polar surface area (TPSA) is 12.0 Å². The summed E-state index contributed by atoms with van der Waals surface area (Å²) in [5.74, 6) is 1.81. The summed E-state index contributed by atoms with van der Waals surface area (Å²) in [5, 5.41) is 3.39. The third-order valence-corrected chi connectivity index (χ3v) is 4.01. The fourth-order valence-corrected chi connectivity index (χ4v) is 3.11. The molecule has 0 aromatic carbocycles. The molecule has 1 aliphatic rings. The SMILES string of the molecule is CNCC(C1CCCCCC1)C(C)(C)C. The number of nitrogens with one attached hydrogen (secondary N) is 1. The van der Waals surface area contributed by atoms with Gasteiger partial charge in [-0.05, 0) is 30.8 Å². The molecule has 0 radical (unpaired) electrons. The van der Waals surface area contributed by atoms with Crippen LogP contribution in [0.15, 0.2) is 0 Å². The van der Waals surface area contributed by atoms with Gasteiger partial charge in [0, 0.05) is 0 Å². The molecule has 0 heterocycles. The molecule has 1 saturated carbocycles. The molecule has 90 valence electrons. The summed E-state index contributed by atoms with van der Waals surface area (Å²) in [5.41, 5.74) is 0.456. The van der Waals surface area contributed by atoms with Gasteiger partial charge in [-0.15, -0.1) is 0 Å². The van der Waals surface area contributed by atoms with Crippen LogP contribution >= 0.6 is 0 Å². The van der Waals surface area contributed by atoms with Crippen molar-refractivity contribution in [3.8, 4) is 0 Å². The Balaban J connectivity index is 2.60. The highest BCUT2D eigenvalue weighted by Crippen LogP contribution is 2.38. The van der Waals surface area contributed by atoms with Crippen LogP contribution < -0.4 is 5.32 Å². The van der Waals surface area contributed by atoms with E-state index in [1.807, 2.05) is 0 Å². The van der Waals surface area contributed by atoms with Crippen LogP contribution in [0.25, 0.3) is 0 Å². The first-order chi connectivity index (χ1) is 7.05. The summed E-state index contributed by atoms with van der Waals surface area (Å²) >= 11 is 0. The van der Waals surface area contributed by atoms with E-state index in [0.717, 1.165) is 11.8 Å². The molecule has 0 aromatic rings. The molecule has 0 bridgehead atoms. The summed E-state index contributed by atoms with van der Waals surface area (Å²) in [4.78, 5) is 0. The van der Waals surface area contributed by atoms with Crippen LogP contribution in [0.5, 0.6) is 0 Å². The van der Waals surface area contributed by atoms with Gasteiger partial charge < -0.3 is 5.32 Å². The predicted molar refractivity (Wildman–Crippen MR) is 68.1 cm³/mol. The van der Waals surface area contributed by atoms with Gasteiger partial charge in [0.2, 0.25) is 0 Å². The Hall–Kier alpha value is -0.0400. The highest BCUT2D eigenvalue weighted by molar-refractivity contribution is 4.83. The lowest BCUT2D eigenvalue weighted by molar-refractivity contribution is 0.142. The van der Waals surface area contributed by atoms with Crippen molar-refractivity contribution < 1.29 is 0 Å². The second-order valence-electron chi connectivity index (χ2n) is 6.28. The monoisotopic (exact) mass is 211 g/mol. The first-order valence-electron chi connectivity index (χ1n) is 6.70. The molecule has 1 heteroatoms. The zero-order valence-corrected chi connectivity index (χ0v) is 11.1. The second-order valence-corrected chi connectivity index (χ2v) is 6.28. The third kappa shape index (κ3) is 4.14. The minimum atomic E-state index is 0.456. The van der Waals surface area contributed by atoms with E-state index in [1.165, 1.54) is 45.1 Å². The van der Waals surface area contributed by atoms with Gasteiger partial charge >= 0.3 is 0 Å². The van der Waals surface area contributed by atoms with Crippen LogP contribution in [-0.2, 0) is 0 Å². The maximum atomic E-state index is 3.39. The number of hydrogen-bond acceptors (Lipinski definition) is 1. The summed E-state index contributed by atoms with van der Waals surface area (Å²) in [6, 6.07) is 0. The van der Waals surface area contributed by atoms with Crippen molar-refractivity contribution in [2.75, 3.05) is 13.6 Å². The molecule has 0 saturated heterocycles. The van der Waals surface area contributed by atoms with Crippen LogP contribution in [-0.4, -0.2) is 13.6 Å². The zero-order chi connectivity index (χ0) is 11.3. The van der Waals surface area contributed by atoms with Gasteiger partial charge in [0.25, 0.3) is 0 Å². The molecule has 0 aromatic heterocycles. The molecule has 1 rings (SSSR count). The summed E-state index contributed by atoms with van der Waals surface area (Å²) in [7, 11) is 2.09. The third-order valence-electron chi connectivity index (χ3n) is 4.01. The van der Waals surface area contributed by atoms with Crippen LogP contribution in [0.3, 0.4) is 0 Å². The predicted octanol–water partition coefficient (Wildman–Crippen LogP) is 3.84. The van der Waals surface area contributed by atoms with E-state index in [-0.39, 0.29) is 0 Å². The standard InChI is InChI=1S/C14H29N/c1-14(2,3)13(11-15-4)12-9-7-5-6-8-10-12/h12-13,15H,5-11H2,1-4H3. The van der Waals surface area contributed by atoms with Crippen LogP contribution in [0.4, 0.5) is 0 Å². The van der Waals surface area contributed by atoms with Gasteiger partial charge in [0.1, 0.15) is 0 Å². The lowest BCUT2D eigenvalue weighted by atomic mass is 9.70. The molecule has 0 aliphatic heterocycles. The smallest absolute Gasteiger partial charge is 0.00159 e. The van der Waals surface area contributed by atoms with E-state index in [0.29, 0.717) is 5.41 Å². The van der Waals surface area contributed by atoms with E-state index >= 15 is 0 Å². The van der Waals surface area contributed by atoms with Crippen molar-refractivity contribution in [3.63, 3.8) is 0 Å². The van der Waals surface area contributed by atoms with Crippen molar-refractivity contribution in [3.05, 3.63) is 0 Å². The molecule has 1 nitrogen and oxygen atoms in total. The average molecular weight is 211 g/mol. The van der Waals surface area contributed by atoms with Gasteiger partial charge in [-0.25, -0.2) is 0 Å². The van der Waals surface area contributed by atoms with E-state index in [2.05, 4.69) is 33.1 Å². The lowest BCUT2D eigenvalue weighted by Gasteiger charge is -2.37. The van der Waals surface area contributed by atoms with Gasteiger partial charge in [-0.2, -0.15) is 0 Å². The quantitative estimate of drug-likeness (QED) is 0.699. The fraction of sp³-hybridized carbons (Fsp3) is 1.00. The summed E-state index contributed by atoms with van der Waals surface area (Å²) in [6.45, 7) is 8.40. The molecule has 0 spiro atoms. The Kier molecular flexibility index (Phi) is 5.11. The molecule has 0 amide bonds. The van der Waals surface area contributed by atoms with Gasteiger partial charge in [-0.1, -0.05) is 59.3 Å². The minimum Gasteiger partial charge on any atom is -0.319 e. The normalized spacial score (nSPS) is 22.4. The molecular weight excluding hydrogens is 182 g/mol. The summed E-state index contributed by atoms with van der Waals surface area (Å²) < 4.78 is 0. The highest BCUT2D eigenvalue weighted by Gasteiger charge is 2.31. The minimum absolute atomic E-state index is 0.456. The number of rotatable bonds is 3. The van der Waals surface area contributed by atoms with Crippen molar-refractivity contribution >= 4 is 0 Å². The van der Waals surface area contributed by atoms with Crippen molar-refractivity contribution in [1.29, 1.82) is 0 Å². The van der Waals surface area contributed by atoms with E-state index < -0.39 is 0 Å². The molecule has 1 atom stereocenters. The van der Waals surface area contributed by atoms with Gasteiger partial charge in [0.15, 0.2) is 0 Å².